The number of carbonyl (C=O) groups is 1. The van der Waals surface area contributed by atoms with Crippen LogP contribution in [0.3, 0.4) is 0 Å². The number of para-hydroxylation sites is 1. The van der Waals surface area contributed by atoms with E-state index in [-0.39, 0.29) is 19.0 Å². The van der Waals surface area contributed by atoms with Crippen LogP contribution in [-0.2, 0) is 18.0 Å². The third kappa shape index (κ3) is 6.02. The van der Waals surface area contributed by atoms with E-state index in [1.54, 1.807) is 12.1 Å². The maximum Gasteiger partial charge on any atom is 0.167 e. The molecule has 4 rings (SSSR count). The van der Waals surface area contributed by atoms with Gasteiger partial charge in [0.2, 0.25) is 0 Å². The van der Waals surface area contributed by atoms with Crippen LogP contribution in [0.5, 0.6) is 17.2 Å². The number of ketones is 1. The number of fused-ring (bicyclic) bond motifs is 1. The summed E-state index contributed by atoms with van der Waals surface area (Å²) in [5.74, 6) is 1.89. The molecule has 33 heavy (non-hydrogen) atoms. The monoisotopic (exact) mass is 461 g/mol. The van der Waals surface area contributed by atoms with Crippen molar-refractivity contribution in [2.24, 2.45) is 0 Å². The van der Waals surface area contributed by atoms with Gasteiger partial charge in [0.25, 0.3) is 0 Å². The molecule has 0 atom stereocenters. The number of benzene rings is 3. The molecule has 168 valence electrons. The predicted octanol–water partition coefficient (Wildman–Crippen LogP) is 6.32. The summed E-state index contributed by atoms with van der Waals surface area (Å²) in [5.41, 5.74) is 3.41. The average Bonchev–Trinajstić information content (AvgIpc) is 2.80. The number of aryl methyl sites for hydroxylation is 1. The van der Waals surface area contributed by atoms with Gasteiger partial charge >= 0.3 is 0 Å². The highest BCUT2D eigenvalue weighted by atomic mass is 35.5. The molecule has 0 fully saturated rings. The van der Waals surface area contributed by atoms with E-state index in [1.165, 1.54) is 6.92 Å². The second-order valence-corrected chi connectivity index (χ2v) is 8.19. The van der Waals surface area contributed by atoms with E-state index in [0.717, 1.165) is 27.7 Å². The molecule has 0 aliphatic rings. The number of ether oxygens (including phenoxy) is 3. The Morgan fingerprint density at radius 3 is 2.42 bits per heavy atom. The maximum atomic E-state index is 11.4. The summed E-state index contributed by atoms with van der Waals surface area (Å²) in [6.45, 7) is 3.97. The Morgan fingerprint density at radius 2 is 1.64 bits per heavy atom. The zero-order valence-electron chi connectivity index (χ0n) is 18.5. The highest BCUT2D eigenvalue weighted by molar-refractivity contribution is 6.30. The summed E-state index contributed by atoms with van der Waals surface area (Å²) < 4.78 is 17.6. The summed E-state index contributed by atoms with van der Waals surface area (Å²) in [5, 5.41) is 1.68. The molecule has 0 amide bonds. The lowest BCUT2D eigenvalue weighted by molar-refractivity contribution is -0.118. The number of rotatable bonds is 9. The molecule has 0 aliphatic carbocycles. The molecule has 0 saturated heterocycles. The van der Waals surface area contributed by atoms with Crippen LogP contribution >= 0.6 is 11.6 Å². The zero-order valence-corrected chi connectivity index (χ0v) is 19.3. The first kappa shape index (κ1) is 22.6. The molecule has 1 heterocycles. The molecule has 0 saturated carbocycles. The van der Waals surface area contributed by atoms with Crippen LogP contribution in [-0.4, -0.2) is 17.4 Å². The van der Waals surface area contributed by atoms with Crippen LogP contribution in [0.4, 0.5) is 0 Å². The lowest BCUT2D eigenvalue weighted by Gasteiger charge is -2.15. The Balaban J connectivity index is 1.42. The Labute approximate surface area is 197 Å². The first-order valence-electron chi connectivity index (χ1n) is 10.6. The van der Waals surface area contributed by atoms with Gasteiger partial charge in [0.05, 0.1) is 11.2 Å². The molecule has 0 N–H and O–H groups in total. The van der Waals surface area contributed by atoms with E-state index in [2.05, 4.69) is 4.98 Å². The molecule has 0 bridgehead atoms. The number of hydrogen-bond acceptors (Lipinski definition) is 5. The lowest BCUT2D eigenvalue weighted by atomic mass is 10.1. The average molecular weight is 462 g/mol. The largest absolute Gasteiger partial charge is 0.489 e. The van der Waals surface area contributed by atoms with Gasteiger partial charge < -0.3 is 14.2 Å². The van der Waals surface area contributed by atoms with Crippen LogP contribution in [0.15, 0.2) is 72.8 Å². The number of Topliss-reactive ketones (excluding diaryl/α,β-unsaturated/α-hetero) is 1. The van der Waals surface area contributed by atoms with Gasteiger partial charge in [0, 0.05) is 22.0 Å². The molecule has 4 aromatic rings. The quantitative estimate of drug-likeness (QED) is 0.292. The normalized spacial score (nSPS) is 10.8. The number of nitrogens with zero attached hydrogens (tertiary/aromatic N) is 1. The summed E-state index contributed by atoms with van der Waals surface area (Å²) in [4.78, 5) is 16.0. The second-order valence-electron chi connectivity index (χ2n) is 7.75. The molecule has 0 radical (unpaired) electrons. The van der Waals surface area contributed by atoms with Crippen molar-refractivity contribution in [1.29, 1.82) is 0 Å². The van der Waals surface area contributed by atoms with Crippen LogP contribution in [0.25, 0.3) is 10.9 Å². The number of halogens is 1. The Hall–Kier alpha value is -3.57. The Kier molecular flexibility index (Phi) is 7.10. The fourth-order valence-corrected chi connectivity index (χ4v) is 3.74. The van der Waals surface area contributed by atoms with Gasteiger partial charge in [-0.15, -0.1) is 0 Å². The van der Waals surface area contributed by atoms with Gasteiger partial charge in [-0.2, -0.15) is 0 Å². The third-order valence-electron chi connectivity index (χ3n) is 4.98. The first-order chi connectivity index (χ1) is 16.0. The SMILES string of the molecule is CC(=O)COc1c(C)cc(Cl)cc1COc1cccc(OCc2ccc3ccccc3n2)c1. The Bertz CT molecular complexity index is 1290. The van der Waals surface area contributed by atoms with E-state index < -0.39 is 0 Å². The van der Waals surface area contributed by atoms with E-state index >= 15 is 0 Å². The van der Waals surface area contributed by atoms with Crippen molar-refractivity contribution >= 4 is 28.3 Å². The molecular weight excluding hydrogens is 438 g/mol. The van der Waals surface area contributed by atoms with Crippen molar-refractivity contribution < 1.29 is 19.0 Å². The van der Waals surface area contributed by atoms with Crippen molar-refractivity contribution in [2.75, 3.05) is 6.61 Å². The maximum absolute atomic E-state index is 11.4. The minimum Gasteiger partial charge on any atom is -0.489 e. The number of carbonyl (C=O) groups excluding carboxylic acids is 1. The fraction of sp³-hybridized carbons (Fsp3) is 0.185. The van der Waals surface area contributed by atoms with E-state index in [1.807, 2.05) is 67.6 Å². The van der Waals surface area contributed by atoms with Gasteiger partial charge in [-0.25, -0.2) is 4.98 Å². The topological polar surface area (TPSA) is 57.7 Å². The van der Waals surface area contributed by atoms with Crippen molar-refractivity contribution in [3.05, 3.63) is 94.6 Å². The van der Waals surface area contributed by atoms with Gasteiger partial charge in [-0.1, -0.05) is 41.9 Å². The summed E-state index contributed by atoms with van der Waals surface area (Å²) >= 11 is 6.22. The molecule has 6 heteroatoms. The molecule has 0 unspecified atom stereocenters. The number of aromatic nitrogens is 1. The van der Waals surface area contributed by atoms with Gasteiger partial charge in [0.15, 0.2) is 5.78 Å². The number of pyridine rings is 1. The molecule has 1 aromatic heterocycles. The van der Waals surface area contributed by atoms with Crippen LogP contribution < -0.4 is 14.2 Å². The molecular formula is C27H24ClNO4. The van der Waals surface area contributed by atoms with E-state index in [0.29, 0.717) is 28.9 Å². The van der Waals surface area contributed by atoms with Crippen molar-refractivity contribution in [3.8, 4) is 17.2 Å². The van der Waals surface area contributed by atoms with Crippen molar-refractivity contribution in [2.45, 2.75) is 27.1 Å². The third-order valence-corrected chi connectivity index (χ3v) is 5.20. The van der Waals surface area contributed by atoms with E-state index in [9.17, 15) is 4.79 Å². The molecule has 5 nitrogen and oxygen atoms in total. The second kappa shape index (κ2) is 10.4. The van der Waals surface area contributed by atoms with E-state index in [4.69, 9.17) is 25.8 Å². The summed E-state index contributed by atoms with van der Waals surface area (Å²) in [6, 6.07) is 23.0. The van der Waals surface area contributed by atoms with Crippen molar-refractivity contribution in [3.63, 3.8) is 0 Å². The number of hydrogen-bond donors (Lipinski definition) is 0. The predicted molar refractivity (Wildman–Crippen MR) is 129 cm³/mol. The zero-order chi connectivity index (χ0) is 23.2. The minimum atomic E-state index is -0.0537. The van der Waals surface area contributed by atoms with Crippen LogP contribution in [0.1, 0.15) is 23.7 Å². The molecule has 3 aromatic carbocycles. The molecule has 0 spiro atoms. The summed E-state index contributed by atoms with van der Waals surface area (Å²) in [7, 11) is 0. The Morgan fingerprint density at radius 1 is 0.879 bits per heavy atom. The highest BCUT2D eigenvalue weighted by Crippen LogP contribution is 2.30. The fourth-order valence-electron chi connectivity index (χ4n) is 3.45. The minimum absolute atomic E-state index is 0.00159. The molecule has 0 aliphatic heterocycles. The standard InChI is InChI=1S/C27H24ClNO4/c1-18-12-22(28)13-21(27(18)33-15-19(2)30)16-31-24-7-5-8-25(14-24)32-17-23-11-10-20-6-3-4-9-26(20)29-23/h3-14H,15-17H2,1-2H3. The van der Waals surface area contributed by atoms with Crippen LogP contribution in [0.2, 0.25) is 5.02 Å². The van der Waals surface area contributed by atoms with Crippen molar-refractivity contribution in [1.82, 2.24) is 4.98 Å². The first-order valence-corrected chi connectivity index (χ1v) is 11.0. The lowest BCUT2D eigenvalue weighted by Crippen LogP contribution is -2.10. The summed E-state index contributed by atoms with van der Waals surface area (Å²) in [6.07, 6.45) is 0. The van der Waals surface area contributed by atoms with Gasteiger partial charge in [-0.3, -0.25) is 4.79 Å². The van der Waals surface area contributed by atoms with Gasteiger partial charge in [-0.05, 0) is 55.8 Å². The smallest absolute Gasteiger partial charge is 0.167 e. The van der Waals surface area contributed by atoms with Gasteiger partial charge in [0.1, 0.15) is 37.1 Å². The van der Waals surface area contributed by atoms with Crippen LogP contribution in [0, 0.1) is 6.92 Å². The highest BCUT2D eigenvalue weighted by Gasteiger charge is 2.12.